The third kappa shape index (κ3) is 14.9. The van der Waals surface area contributed by atoms with E-state index < -0.39 is 0 Å². The van der Waals surface area contributed by atoms with Crippen molar-refractivity contribution in [1.82, 2.24) is 0 Å². The average molecular weight is 687 g/mol. The number of nitrogen functional groups attached to an aromatic ring is 2. The summed E-state index contributed by atoms with van der Waals surface area (Å²) in [6.07, 6.45) is 27.8. The maximum atomic E-state index is 5.95. The topological polar surface area (TPSA) is 52.0 Å². The second-order valence-electron chi connectivity index (χ2n) is 15.3. The highest BCUT2D eigenvalue weighted by Gasteiger charge is 2.15. The summed E-state index contributed by atoms with van der Waals surface area (Å²) < 4.78 is 0. The second-order valence-corrected chi connectivity index (χ2v) is 15.3. The summed E-state index contributed by atoms with van der Waals surface area (Å²) in [4.78, 5) is 0. The molecule has 0 spiro atoms. The predicted molar refractivity (Wildman–Crippen MR) is 225 cm³/mol. The van der Waals surface area contributed by atoms with Crippen LogP contribution in [0.15, 0.2) is 97.1 Å². The fourth-order valence-electron chi connectivity index (χ4n) is 7.76. The summed E-state index contributed by atoms with van der Waals surface area (Å²) in [6.45, 7) is 4.56. The van der Waals surface area contributed by atoms with Crippen LogP contribution in [0, 0.1) is 0 Å². The van der Waals surface area contributed by atoms with Gasteiger partial charge in [0.15, 0.2) is 0 Å². The monoisotopic (exact) mass is 687 g/mol. The van der Waals surface area contributed by atoms with Crippen molar-refractivity contribution in [1.29, 1.82) is 0 Å². The van der Waals surface area contributed by atoms with Crippen LogP contribution in [0.1, 0.15) is 181 Å². The number of aryl methyl sites for hydroxylation is 2. The molecule has 2 heteroatoms. The Labute approximate surface area is 312 Å². The molecule has 0 bridgehead atoms. The standard InChI is InChI=1S/C49H70N2/c1-3-5-22-48(44-32-36-46(50)37-33-44)42-28-24-40(25-29-42)20-18-16-14-12-10-8-7-9-11-13-15-17-19-21-41-26-30-43(31-27-41)49(23-6-4-2)45-34-38-47(51)39-35-45/h24-39,48-49H,3-23,50-51H2,1-2H3. The SMILES string of the molecule is CCCCC(c1ccc(N)cc1)c1ccc(CCCCCCCCCCCCCCCc2ccc(C(CCCC)c3ccc(N)cc3)cc2)cc1. The molecule has 276 valence electrons. The Hall–Kier alpha value is -3.52. The van der Waals surface area contributed by atoms with Gasteiger partial charge in [0.25, 0.3) is 0 Å². The van der Waals surface area contributed by atoms with E-state index in [4.69, 9.17) is 11.5 Å². The van der Waals surface area contributed by atoms with Crippen molar-refractivity contribution in [3.05, 3.63) is 130 Å². The van der Waals surface area contributed by atoms with E-state index in [0.29, 0.717) is 11.8 Å². The first-order valence-corrected chi connectivity index (χ1v) is 21.0. The van der Waals surface area contributed by atoms with Gasteiger partial charge >= 0.3 is 0 Å². The molecule has 0 radical (unpaired) electrons. The largest absolute Gasteiger partial charge is 0.399 e. The van der Waals surface area contributed by atoms with Crippen LogP contribution < -0.4 is 11.5 Å². The van der Waals surface area contributed by atoms with Gasteiger partial charge in [-0.05, 0) is 96.2 Å². The highest BCUT2D eigenvalue weighted by Crippen LogP contribution is 2.32. The number of unbranched alkanes of at least 4 members (excludes halogenated alkanes) is 14. The van der Waals surface area contributed by atoms with Gasteiger partial charge in [-0.1, -0.05) is 183 Å². The minimum absolute atomic E-state index is 0.468. The third-order valence-corrected chi connectivity index (χ3v) is 11.1. The van der Waals surface area contributed by atoms with Crippen LogP contribution in [0.5, 0.6) is 0 Å². The first-order valence-electron chi connectivity index (χ1n) is 21.0. The van der Waals surface area contributed by atoms with E-state index in [-0.39, 0.29) is 0 Å². The minimum atomic E-state index is 0.468. The first kappa shape index (κ1) is 40.3. The smallest absolute Gasteiger partial charge is 0.0314 e. The van der Waals surface area contributed by atoms with Gasteiger partial charge in [0, 0.05) is 23.2 Å². The lowest BCUT2D eigenvalue weighted by atomic mass is 9.86. The lowest BCUT2D eigenvalue weighted by Crippen LogP contribution is -2.02. The molecule has 51 heavy (non-hydrogen) atoms. The second kappa shape index (κ2) is 23.9. The fraction of sp³-hybridized carbons (Fsp3) is 0.510. The van der Waals surface area contributed by atoms with Crippen LogP contribution in [0.3, 0.4) is 0 Å². The molecule has 0 fully saturated rings. The van der Waals surface area contributed by atoms with Gasteiger partial charge in [0.05, 0.1) is 0 Å². The zero-order valence-corrected chi connectivity index (χ0v) is 32.4. The van der Waals surface area contributed by atoms with E-state index in [1.807, 2.05) is 24.3 Å². The summed E-state index contributed by atoms with van der Waals surface area (Å²) in [5, 5.41) is 0. The zero-order valence-electron chi connectivity index (χ0n) is 32.4. The van der Waals surface area contributed by atoms with Crippen molar-refractivity contribution in [2.24, 2.45) is 0 Å². The molecule has 0 saturated carbocycles. The number of anilines is 2. The molecule has 0 aliphatic carbocycles. The predicted octanol–water partition coefficient (Wildman–Crippen LogP) is 14.4. The molecule has 0 aromatic heterocycles. The van der Waals surface area contributed by atoms with Crippen LogP contribution >= 0.6 is 0 Å². The normalized spacial score (nSPS) is 12.6. The summed E-state index contributed by atoms with van der Waals surface area (Å²) in [5.41, 5.74) is 22.2. The zero-order chi connectivity index (χ0) is 35.9. The molecule has 4 rings (SSSR count). The van der Waals surface area contributed by atoms with Gasteiger partial charge in [-0.25, -0.2) is 0 Å². The van der Waals surface area contributed by atoms with E-state index in [1.165, 1.54) is 168 Å². The number of nitrogens with two attached hydrogens (primary N) is 2. The summed E-state index contributed by atoms with van der Waals surface area (Å²) in [7, 11) is 0. The van der Waals surface area contributed by atoms with Gasteiger partial charge in [-0.15, -0.1) is 0 Å². The van der Waals surface area contributed by atoms with E-state index in [2.05, 4.69) is 86.6 Å². The Bertz CT molecular complexity index is 1320. The Kier molecular flexibility index (Phi) is 18.8. The lowest BCUT2D eigenvalue weighted by molar-refractivity contribution is 0.536. The van der Waals surface area contributed by atoms with Gasteiger partial charge in [-0.3, -0.25) is 0 Å². The molecule has 0 amide bonds. The highest BCUT2D eigenvalue weighted by atomic mass is 14.5. The molecule has 4 aromatic rings. The molecule has 0 heterocycles. The highest BCUT2D eigenvalue weighted by molar-refractivity contribution is 5.44. The Balaban J connectivity index is 0.984. The van der Waals surface area contributed by atoms with Crippen molar-refractivity contribution >= 4 is 11.4 Å². The quantitative estimate of drug-likeness (QED) is 0.0510. The van der Waals surface area contributed by atoms with Crippen molar-refractivity contribution in [3.63, 3.8) is 0 Å². The summed E-state index contributed by atoms with van der Waals surface area (Å²) in [6, 6.07) is 36.0. The minimum Gasteiger partial charge on any atom is -0.399 e. The number of benzene rings is 4. The lowest BCUT2D eigenvalue weighted by Gasteiger charge is -2.18. The van der Waals surface area contributed by atoms with Crippen LogP contribution in [0.2, 0.25) is 0 Å². The fourth-order valence-corrected chi connectivity index (χ4v) is 7.76. The Morgan fingerprint density at radius 3 is 0.863 bits per heavy atom. The first-order chi connectivity index (χ1) is 25.1. The number of hydrogen-bond acceptors (Lipinski definition) is 2. The van der Waals surface area contributed by atoms with Crippen molar-refractivity contribution < 1.29 is 0 Å². The van der Waals surface area contributed by atoms with Crippen molar-refractivity contribution in [3.8, 4) is 0 Å². The van der Waals surface area contributed by atoms with E-state index in [1.54, 1.807) is 0 Å². The van der Waals surface area contributed by atoms with E-state index in [0.717, 1.165) is 11.4 Å². The van der Waals surface area contributed by atoms with E-state index in [9.17, 15) is 0 Å². The van der Waals surface area contributed by atoms with Crippen LogP contribution in [-0.4, -0.2) is 0 Å². The molecular formula is C49H70N2. The van der Waals surface area contributed by atoms with Crippen molar-refractivity contribution in [2.75, 3.05) is 11.5 Å². The molecule has 4 N–H and O–H groups in total. The molecule has 0 aliphatic rings. The molecule has 2 unspecified atom stereocenters. The van der Waals surface area contributed by atoms with Crippen LogP contribution in [0.4, 0.5) is 11.4 Å². The molecule has 4 aromatic carbocycles. The molecule has 2 nitrogen and oxygen atoms in total. The van der Waals surface area contributed by atoms with Gasteiger partial charge in [-0.2, -0.15) is 0 Å². The van der Waals surface area contributed by atoms with Crippen molar-refractivity contribution in [2.45, 2.75) is 161 Å². The van der Waals surface area contributed by atoms with Gasteiger partial charge in [0.1, 0.15) is 0 Å². The van der Waals surface area contributed by atoms with Crippen LogP contribution in [0.25, 0.3) is 0 Å². The van der Waals surface area contributed by atoms with Gasteiger partial charge in [0.2, 0.25) is 0 Å². The molecule has 2 atom stereocenters. The summed E-state index contributed by atoms with van der Waals surface area (Å²) >= 11 is 0. The van der Waals surface area contributed by atoms with Crippen LogP contribution in [-0.2, 0) is 12.8 Å². The Morgan fingerprint density at radius 1 is 0.333 bits per heavy atom. The maximum Gasteiger partial charge on any atom is 0.0314 e. The third-order valence-electron chi connectivity index (χ3n) is 11.1. The average Bonchev–Trinajstić information content (AvgIpc) is 3.16. The maximum absolute atomic E-state index is 5.95. The molecular weight excluding hydrogens is 617 g/mol. The number of rotatable bonds is 26. The number of hydrogen-bond donors (Lipinski definition) is 2. The Morgan fingerprint density at radius 2 is 0.588 bits per heavy atom. The van der Waals surface area contributed by atoms with E-state index >= 15 is 0 Å². The van der Waals surface area contributed by atoms with Gasteiger partial charge < -0.3 is 11.5 Å². The molecule has 0 saturated heterocycles. The molecule has 0 aliphatic heterocycles. The summed E-state index contributed by atoms with van der Waals surface area (Å²) in [5.74, 6) is 0.936.